The molecule has 1 saturated carbocycles. The molecule has 1 nitrogen and oxygen atoms in total. The summed E-state index contributed by atoms with van der Waals surface area (Å²) in [6.45, 7) is 5.82. The van der Waals surface area contributed by atoms with E-state index < -0.39 is 0 Å². The van der Waals surface area contributed by atoms with Crippen molar-refractivity contribution >= 4 is 15.9 Å². The fourth-order valence-corrected chi connectivity index (χ4v) is 2.97. The Bertz CT molecular complexity index is 371. The van der Waals surface area contributed by atoms with Crippen molar-refractivity contribution in [2.45, 2.75) is 45.6 Å². The third kappa shape index (κ3) is 5.11. The molecule has 2 heteroatoms. The second-order valence-electron chi connectivity index (χ2n) is 6.01. The van der Waals surface area contributed by atoms with Gasteiger partial charge in [-0.15, -0.1) is 0 Å². The Morgan fingerprint density at radius 1 is 1.33 bits per heavy atom. The van der Waals surface area contributed by atoms with Crippen LogP contribution in [0.4, 0.5) is 0 Å². The Balaban J connectivity index is 1.89. The third-order valence-electron chi connectivity index (χ3n) is 3.49. The van der Waals surface area contributed by atoms with Gasteiger partial charge in [0.25, 0.3) is 0 Å². The predicted molar refractivity (Wildman–Crippen MR) is 81.8 cm³/mol. The predicted octanol–water partition coefficient (Wildman–Crippen LogP) is 4.41. The van der Waals surface area contributed by atoms with E-state index in [-0.39, 0.29) is 0 Å². The van der Waals surface area contributed by atoms with E-state index in [0.717, 1.165) is 17.9 Å². The van der Waals surface area contributed by atoms with Gasteiger partial charge in [-0.1, -0.05) is 41.9 Å². The number of nitrogens with one attached hydrogen (secondary N) is 1. The first-order chi connectivity index (χ1) is 8.63. The maximum atomic E-state index is 3.69. The molecule has 1 atom stereocenters. The van der Waals surface area contributed by atoms with E-state index in [1.165, 1.54) is 42.3 Å². The molecule has 18 heavy (non-hydrogen) atoms. The van der Waals surface area contributed by atoms with Crippen LogP contribution in [-0.2, 0) is 6.42 Å². The molecule has 0 aromatic heterocycles. The number of rotatable bonds is 7. The van der Waals surface area contributed by atoms with Crippen molar-refractivity contribution in [2.24, 2.45) is 11.8 Å². The third-order valence-corrected chi connectivity index (χ3v) is 3.98. The van der Waals surface area contributed by atoms with Gasteiger partial charge in [-0.05, 0) is 61.8 Å². The van der Waals surface area contributed by atoms with Crippen molar-refractivity contribution in [1.29, 1.82) is 0 Å². The molecular formula is C16H24BrN. The summed E-state index contributed by atoms with van der Waals surface area (Å²) < 4.78 is 1.19. The number of hydrogen-bond acceptors (Lipinski definition) is 1. The summed E-state index contributed by atoms with van der Waals surface area (Å²) >= 11 is 3.56. The van der Waals surface area contributed by atoms with E-state index >= 15 is 0 Å². The maximum absolute atomic E-state index is 3.69. The lowest BCUT2D eigenvalue weighted by Gasteiger charge is -2.20. The van der Waals surface area contributed by atoms with Crippen LogP contribution in [0.5, 0.6) is 0 Å². The smallest absolute Gasteiger partial charge is 0.0177 e. The quantitative estimate of drug-likeness (QED) is 0.787. The minimum atomic E-state index is 0.764. The molecule has 0 radical (unpaired) electrons. The number of hydrogen-bond donors (Lipinski definition) is 1. The van der Waals surface area contributed by atoms with Gasteiger partial charge in [-0.25, -0.2) is 0 Å². The lowest BCUT2D eigenvalue weighted by atomic mass is 9.91. The Hall–Kier alpha value is -0.340. The van der Waals surface area contributed by atoms with Crippen molar-refractivity contribution in [3.63, 3.8) is 0 Å². The number of halogens is 1. The highest BCUT2D eigenvalue weighted by molar-refractivity contribution is 9.10. The second-order valence-corrected chi connectivity index (χ2v) is 6.93. The van der Waals surface area contributed by atoms with Crippen LogP contribution in [0.25, 0.3) is 0 Å². The molecule has 100 valence electrons. The molecule has 2 rings (SSSR count). The molecule has 1 aromatic carbocycles. The van der Waals surface area contributed by atoms with Crippen molar-refractivity contribution in [2.75, 3.05) is 6.54 Å². The molecular weight excluding hydrogens is 286 g/mol. The van der Waals surface area contributed by atoms with Crippen molar-refractivity contribution in [1.82, 2.24) is 5.32 Å². The normalized spacial score (nSPS) is 17.1. The van der Waals surface area contributed by atoms with Gasteiger partial charge in [0.15, 0.2) is 0 Å². The zero-order valence-electron chi connectivity index (χ0n) is 11.5. The Morgan fingerprint density at radius 2 is 2.11 bits per heavy atom. The van der Waals surface area contributed by atoms with Gasteiger partial charge in [0.1, 0.15) is 0 Å². The van der Waals surface area contributed by atoms with Crippen LogP contribution in [0.15, 0.2) is 28.7 Å². The molecule has 0 aliphatic heterocycles. The molecule has 0 amide bonds. The Labute approximate surface area is 119 Å². The van der Waals surface area contributed by atoms with Gasteiger partial charge < -0.3 is 5.32 Å². The maximum Gasteiger partial charge on any atom is 0.0177 e. The molecule has 1 aliphatic rings. The monoisotopic (exact) mass is 309 g/mol. The summed E-state index contributed by atoms with van der Waals surface area (Å²) in [5.41, 5.74) is 1.45. The molecule has 1 aliphatic carbocycles. The van der Waals surface area contributed by atoms with Crippen molar-refractivity contribution in [3.05, 3.63) is 34.3 Å². The minimum absolute atomic E-state index is 0.764. The zero-order chi connectivity index (χ0) is 13.0. The molecule has 1 N–H and O–H groups in total. The molecule has 0 spiro atoms. The summed E-state index contributed by atoms with van der Waals surface area (Å²) in [5, 5.41) is 3.69. The molecule has 1 aromatic rings. The second kappa shape index (κ2) is 6.72. The van der Waals surface area contributed by atoms with Crippen LogP contribution in [0.2, 0.25) is 0 Å². The van der Waals surface area contributed by atoms with Crippen molar-refractivity contribution in [3.8, 4) is 0 Å². The Kier molecular flexibility index (Phi) is 5.25. The van der Waals surface area contributed by atoms with Gasteiger partial charge in [-0.2, -0.15) is 0 Å². The first kappa shape index (κ1) is 14.1. The molecule has 0 bridgehead atoms. The first-order valence-electron chi connectivity index (χ1n) is 7.11. The van der Waals surface area contributed by atoms with E-state index in [9.17, 15) is 0 Å². The van der Waals surface area contributed by atoms with Crippen LogP contribution >= 0.6 is 15.9 Å². The standard InChI is InChI=1S/C16H24BrN/c1-12(2)8-14(11-18-16-6-7-16)9-13-4-3-5-15(17)10-13/h3-5,10,12,14,16,18H,6-9,11H2,1-2H3. The van der Waals surface area contributed by atoms with Gasteiger partial charge >= 0.3 is 0 Å². The Morgan fingerprint density at radius 3 is 2.72 bits per heavy atom. The van der Waals surface area contributed by atoms with E-state index in [2.05, 4.69) is 59.4 Å². The summed E-state index contributed by atoms with van der Waals surface area (Å²) in [4.78, 5) is 0. The van der Waals surface area contributed by atoms with Crippen LogP contribution in [0, 0.1) is 11.8 Å². The van der Waals surface area contributed by atoms with Crippen LogP contribution in [0.1, 0.15) is 38.7 Å². The average molecular weight is 310 g/mol. The van der Waals surface area contributed by atoms with Crippen LogP contribution in [0.3, 0.4) is 0 Å². The van der Waals surface area contributed by atoms with E-state index in [0.29, 0.717) is 0 Å². The van der Waals surface area contributed by atoms with Gasteiger partial charge in [0.05, 0.1) is 0 Å². The summed E-state index contributed by atoms with van der Waals surface area (Å²) in [6.07, 6.45) is 5.26. The van der Waals surface area contributed by atoms with Gasteiger partial charge in [-0.3, -0.25) is 0 Å². The van der Waals surface area contributed by atoms with Crippen LogP contribution < -0.4 is 5.32 Å². The van der Waals surface area contributed by atoms with Crippen molar-refractivity contribution < 1.29 is 0 Å². The van der Waals surface area contributed by atoms with E-state index in [1.807, 2.05) is 0 Å². The largest absolute Gasteiger partial charge is 0.314 e. The topological polar surface area (TPSA) is 12.0 Å². The number of benzene rings is 1. The summed E-state index contributed by atoms with van der Waals surface area (Å²) in [6, 6.07) is 9.56. The van der Waals surface area contributed by atoms with E-state index in [4.69, 9.17) is 0 Å². The van der Waals surface area contributed by atoms with Gasteiger partial charge in [0.2, 0.25) is 0 Å². The highest BCUT2D eigenvalue weighted by Gasteiger charge is 2.22. The van der Waals surface area contributed by atoms with Crippen LogP contribution in [-0.4, -0.2) is 12.6 Å². The highest BCUT2D eigenvalue weighted by atomic mass is 79.9. The summed E-state index contributed by atoms with van der Waals surface area (Å²) in [7, 11) is 0. The fraction of sp³-hybridized carbons (Fsp3) is 0.625. The fourth-order valence-electron chi connectivity index (χ4n) is 2.52. The first-order valence-corrected chi connectivity index (χ1v) is 7.90. The summed E-state index contributed by atoms with van der Waals surface area (Å²) in [5.74, 6) is 1.54. The zero-order valence-corrected chi connectivity index (χ0v) is 13.0. The minimum Gasteiger partial charge on any atom is -0.314 e. The molecule has 1 unspecified atom stereocenters. The average Bonchev–Trinajstić information content (AvgIpc) is 3.09. The lowest BCUT2D eigenvalue weighted by Crippen LogP contribution is -2.27. The molecule has 0 saturated heterocycles. The highest BCUT2D eigenvalue weighted by Crippen LogP contribution is 2.22. The van der Waals surface area contributed by atoms with Gasteiger partial charge in [0, 0.05) is 10.5 Å². The molecule has 1 fully saturated rings. The van der Waals surface area contributed by atoms with E-state index in [1.54, 1.807) is 0 Å². The molecule has 0 heterocycles. The lowest BCUT2D eigenvalue weighted by molar-refractivity contribution is 0.384. The SMILES string of the molecule is CC(C)CC(CNC1CC1)Cc1cccc(Br)c1.